The molecule has 0 saturated carbocycles. The van der Waals surface area contributed by atoms with E-state index in [2.05, 4.69) is 5.32 Å². The van der Waals surface area contributed by atoms with Crippen LogP contribution < -0.4 is 9.62 Å². The van der Waals surface area contributed by atoms with Crippen LogP contribution >= 0.6 is 0 Å². The van der Waals surface area contributed by atoms with Crippen LogP contribution in [0.2, 0.25) is 0 Å². The first kappa shape index (κ1) is 19.9. The predicted molar refractivity (Wildman–Crippen MR) is 103 cm³/mol. The van der Waals surface area contributed by atoms with Crippen molar-refractivity contribution in [2.45, 2.75) is 6.61 Å². The van der Waals surface area contributed by atoms with Gasteiger partial charge in [-0.15, -0.1) is 0 Å². The van der Waals surface area contributed by atoms with E-state index in [-0.39, 0.29) is 5.91 Å². The van der Waals surface area contributed by atoms with Gasteiger partial charge in [0, 0.05) is 39.5 Å². The Morgan fingerprint density at radius 3 is 2.31 bits per heavy atom. The summed E-state index contributed by atoms with van der Waals surface area (Å²) in [4.78, 5) is 12.4. The molecule has 0 saturated heterocycles. The Hall–Kier alpha value is -2.42. The van der Waals surface area contributed by atoms with E-state index in [1.54, 1.807) is 37.4 Å². The third-order valence-electron chi connectivity index (χ3n) is 3.80. The van der Waals surface area contributed by atoms with Gasteiger partial charge in [0.2, 0.25) is 0 Å². The van der Waals surface area contributed by atoms with E-state index in [4.69, 9.17) is 4.74 Å². The number of nitrogens with one attached hydrogen (secondary N) is 1. The molecule has 0 unspecified atom stereocenters. The smallest absolute Gasteiger partial charge is 0.303 e. The maximum absolute atomic E-state index is 12.4. The van der Waals surface area contributed by atoms with Crippen molar-refractivity contribution in [1.29, 1.82) is 0 Å². The van der Waals surface area contributed by atoms with E-state index < -0.39 is 10.2 Å². The van der Waals surface area contributed by atoms with Crippen LogP contribution in [0, 0.1) is 0 Å². The second-order valence-corrected chi connectivity index (χ2v) is 8.07. The summed E-state index contributed by atoms with van der Waals surface area (Å²) in [6.07, 6.45) is 0. The minimum atomic E-state index is -3.57. The third kappa shape index (κ3) is 4.60. The van der Waals surface area contributed by atoms with Gasteiger partial charge in [-0.1, -0.05) is 12.1 Å². The van der Waals surface area contributed by atoms with Crippen LogP contribution in [0.25, 0.3) is 0 Å². The van der Waals surface area contributed by atoms with Crippen molar-refractivity contribution in [1.82, 2.24) is 4.31 Å². The molecule has 2 aromatic carbocycles. The number of benzene rings is 2. The Labute approximate surface area is 154 Å². The number of rotatable bonds is 7. The maximum atomic E-state index is 12.4. The van der Waals surface area contributed by atoms with Crippen LogP contribution in [0.3, 0.4) is 0 Å². The van der Waals surface area contributed by atoms with E-state index in [1.165, 1.54) is 21.1 Å². The van der Waals surface area contributed by atoms with E-state index in [0.717, 1.165) is 14.2 Å². The molecule has 0 aliphatic carbocycles. The SMILES string of the molecule is COCc1cccc(NC(=O)c2ccc(N(C)S(=O)(=O)N(C)C)cc2)c1. The fraction of sp³-hybridized carbons (Fsp3) is 0.278. The number of hydrogen-bond acceptors (Lipinski definition) is 4. The van der Waals surface area contributed by atoms with E-state index in [9.17, 15) is 13.2 Å². The second-order valence-electron chi connectivity index (χ2n) is 5.89. The molecule has 0 heterocycles. The lowest BCUT2D eigenvalue weighted by Crippen LogP contribution is -2.37. The quantitative estimate of drug-likeness (QED) is 0.803. The number of nitrogens with zero attached hydrogens (tertiary/aromatic N) is 2. The van der Waals surface area contributed by atoms with E-state index >= 15 is 0 Å². The van der Waals surface area contributed by atoms with Gasteiger partial charge in [-0.05, 0) is 42.0 Å². The summed E-state index contributed by atoms with van der Waals surface area (Å²) < 4.78 is 31.6. The number of anilines is 2. The van der Waals surface area contributed by atoms with Crippen molar-refractivity contribution in [2.75, 3.05) is 37.9 Å². The van der Waals surface area contributed by atoms with Gasteiger partial charge < -0.3 is 10.1 Å². The van der Waals surface area contributed by atoms with Crippen molar-refractivity contribution in [3.8, 4) is 0 Å². The molecule has 0 bridgehead atoms. The first-order valence-electron chi connectivity index (χ1n) is 7.91. The zero-order chi connectivity index (χ0) is 19.3. The average molecular weight is 377 g/mol. The van der Waals surface area contributed by atoms with Crippen LogP contribution in [0.5, 0.6) is 0 Å². The summed E-state index contributed by atoms with van der Waals surface area (Å²) in [5, 5.41) is 2.82. The molecular formula is C18H23N3O4S. The van der Waals surface area contributed by atoms with Gasteiger partial charge in [0.1, 0.15) is 0 Å². The van der Waals surface area contributed by atoms with Gasteiger partial charge in [-0.2, -0.15) is 12.7 Å². The molecule has 0 atom stereocenters. The molecule has 1 amide bonds. The van der Waals surface area contributed by atoms with Gasteiger partial charge in [0.05, 0.1) is 12.3 Å². The van der Waals surface area contributed by atoms with Crippen LogP contribution in [0.15, 0.2) is 48.5 Å². The minimum absolute atomic E-state index is 0.274. The zero-order valence-corrected chi connectivity index (χ0v) is 16.1. The Morgan fingerprint density at radius 1 is 1.08 bits per heavy atom. The number of amides is 1. The molecule has 0 fully saturated rings. The number of carbonyl (C=O) groups is 1. The summed E-state index contributed by atoms with van der Waals surface area (Å²) in [5.41, 5.74) is 2.52. The number of hydrogen-bond donors (Lipinski definition) is 1. The highest BCUT2D eigenvalue weighted by Gasteiger charge is 2.21. The molecule has 0 radical (unpaired) electrons. The first-order chi connectivity index (χ1) is 12.3. The fourth-order valence-corrected chi connectivity index (χ4v) is 3.19. The fourth-order valence-electron chi connectivity index (χ4n) is 2.31. The molecule has 0 aliphatic heterocycles. The Bertz CT molecular complexity index is 864. The summed E-state index contributed by atoms with van der Waals surface area (Å²) in [6.45, 7) is 0.463. The molecule has 140 valence electrons. The van der Waals surface area contributed by atoms with Gasteiger partial charge in [-0.3, -0.25) is 9.10 Å². The molecular weight excluding hydrogens is 354 g/mol. The zero-order valence-electron chi connectivity index (χ0n) is 15.3. The van der Waals surface area contributed by atoms with Crippen molar-refractivity contribution >= 4 is 27.5 Å². The van der Waals surface area contributed by atoms with Gasteiger partial charge >= 0.3 is 10.2 Å². The number of ether oxygens (including phenoxy) is 1. The lowest BCUT2D eigenvalue weighted by Gasteiger charge is -2.23. The number of carbonyl (C=O) groups excluding carboxylic acids is 1. The topological polar surface area (TPSA) is 79.0 Å². The lowest BCUT2D eigenvalue weighted by atomic mass is 10.1. The highest BCUT2D eigenvalue weighted by molar-refractivity contribution is 7.90. The molecule has 2 rings (SSSR count). The van der Waals surface area contributed by atoms with E-state index in [0.29, 0.717) is 23.5 Å². The molecule has 0 aromatic heterocycles. The van der Waals surface area contributed by atoms with Crippen LogP contribution in [0.1, 0.15) is 15.9 Å². The predicted octanol–water partition coefficient (Wildman–Crippen LogP) is 2.33. The Morgan fingerprint density at radius 2 is 1.73 bits per heavy atom. The largest absolute Gasteiger partial charge is 0.380 e. The highest BCUT2D eigenvalue weighted by atomic mass is 32.2. The first-order valence-corrected chi connectivity index (χ1v) is 9.31. The molecule has 1 N–H and O–H groups in total. The number of methoxy groups -OCH3 is 1. The monoisotopic (exact) mass is 377 g/mol. The van der Waals surface area contributed by atoms with Gasteiger partial charge in [-0.25, -0.2) is 0 Å². The summed E-state index contributed by atoms with van der Waals surface area (Å²) in [5.74, 6) is -0.274. The van der Waals surface area contributed by atoms with Gasteiger partial charge in [0.25, 0.3) is 5.91 Å². The maximum Gasteiger partial charge on any atom is 0.303 e. The van der Waals surface area contributed by atoms with Crippen LogP contribution in [0.4, 0.5) is 11.4 Å². The third-order valence-corrected chi connectivity index (χ3v) is 5.62. The second kappa shape index (κ2) is 8.31. The lowest BCUT2D eigenvalue weighted by molar-refractivity contribution is 0.102. The molecule has 0 aliphatic rings. The van der Waals surface area contributed by atoms with Gasteiger partial charge in [0.15, 0.2) is 0 Å². The van der Waals surface area contributed by atoms with Crippen molar-refractivity contribution in [3.63, 3.8) is 0 Å². The summed E-state index contributed by atoms with van der Waals surface area (Å²) in [7, 11) is 2.44. The Kier molecular flexibility index (Phi) is 6.36. The molecule has 7 nitrogen and oxygen atoms in total. The van der Waals surface area contributed by atoms with Crippen LogP contribution in [-0.4, -0.2) is 46.9 Å². The van der Waals surface area contributed by atoms with E-state index in [1.807, 2.05) is 18.2 Å². The van der Waals surface area contributed by atoms with Crippen molar-refractivity contribution in [3.05, 3.63) is 59.7 Å². The molecule has 2 aromatic rings. The Balaban J connectivity index is 2.13. The molecule has 26 heavy (non-hydrogen) atoms. The molecule has 0 spiro atoms. The molecule has 8 heteroatoms. The average Bonchev–Trinajstić information content (AvgIpc) is 2.61. The summed E-state index contributed by atoms with van der Waals surface area (Å²) in [6, 6.07) is 13.8. The van der Waals surface area contributed by atoms with Crippen molar-refractivity contribution in [2.24, 2.45) is 0 Å². The summed E-state index contributed by atoms with van der Waals surface area (Å²) >= 11 is 0. The minimum Gasteiger partial charge on any atom is -0.380 e. The highest BCUT2D eigenvalue weighted by Crippen LogP contribution is 2.19. The van der Waals surface area contributed by atoms with Crippen molar-refractivity contribution < 1.29 is 17.9 Å². The normalized spacial score (nSPS) is 11.4. The van der Waals surface area contributed by atoms with Crippen LogP contribution in [-0.2, 0) is 21.6 Å². The standard InChI is InChI=1S/C18H23N3O4S/c1-20(2)26(23,24)21(3)17-10-8-15(9-11-17)18(22)19-16-7-5-6-14(12-16)13-25-4/h5-12H,13H2,1-4H3,(H,19,22).